The number of carbonyl (C=O) groups excluding carboxylic acids is 1. The predicted molar refractivity (Wildman–Crippen MR) is 62.8 cm³/mol. The van der Waals surface area contributed by atoms with Crippen molar-refractivity contribution in [1.82, 2.24) is 0 Å². The molecule has 1 aromatic rings. The molecule has 1 N–H and O–H groups in total. The van der Waals surface area contributed by atoms with Crippen molar-refractivity contribution in [2.75, 3.05) is 14.2 Å². The lowest BCUT2D eigenvalue weighted by Gasteiger charge is -2.25. The molecule has 0 heterocycles. The number of ether oxygens (including phenoxy) is 2. The molecule has 0 saturated carbocycles. The first kappa shape index (κ1) is 11.8. The van der Waals surface area contributed by atoms with E-state index in [9.17, 15) is 9.90 Å². The summed E-state index contributed by atoms with van der Waals surface area (Å²) in [6, 6.07) is 5.10. The molecule has 1 aliphatic rings. The highest BCUT2D eigenvalue weighted by atomic mass is 35.5. The van der Waals surface area contributed by atoms with Crippen LogP contribution in [-0.2, 0) is 4.79 Å². The molecule has 17 heavy (non-hydrogen) atoms. The molecule has 1 aromatic carbocycles. The lowest BCUT2D eigenvalue weighted by molar-refractivity contribution is -0.120. The van der Waals surface area contributed by atoms with Crippen molar-refractivity contribution in [2.45, 2.75) is 5.92 Å². The van der Waals surface area contributed by atoms with Gasteiger partial charge in [0.15, 0.2) is 5.76 Å². The van der Waals surface area contributed by atoms with Crippen molar-refractivity contribution in [3.63, 3.8) is 0 Å². The Morgan fingerprint density at radius 2 is 2.00 bits per heavy atom. The van der Waals surface area contributed by atoms with Crippen LogP contribution in [0.1, 0.15) is 11.5 Å². The number of methoxy groups -OCH3 is 2. The maximum atomic E-state index is 11.6. The molecule has 0 amide bonds. The third kappa shape index (κ3) is 1.74. The summed E-state index contributed by atoms with van der Waals surface area (Å²) in [4.78, 5) is 11.6. The van der Waals surface area contributed by atoms with Crippen LogP contribution in [0.4, 0.5) is 0 Å². The van der Waals surface area contributed by atoms with Crippen LogP contribution in [0.25, 0.3) is 0 Å². The van der Waals surface area contributed by atoms with E-state index in [-0.39, 0.29) is 10.8 Å². The van der Waals surface area contributed by atoms with E-state index in [1.54, 1.807) is 18.2 Å². The first-order valence-corrected chi connectivity index (χ1v) is 5.32. The van der Waals surface area contributed by atoms with Crippen molar-refractivity contribution in [3.05, 3.63) is 34.6 Å². The van der Waals surface area contributed by atoms with Gasteiger partial charge in [-0.25, -0.2) is 0 Å². The van der Waals surface area contributed by atoms with Crippen molar-refractivity contribution in [3.8, 4) is 11.5 Å². The maximum absolute atomic E-state index is 11.6. The highest BCUT2D eigenvalue weighted by Gasteiger charge is 2.41. The second kappa shape index (κ2) is 4.30. The summed E-state index contributed by atoms with van der Waals surface area (Å²) >= 11 is 5.83. The Bertz CT molecular complexity index is 507. The Hall–Kier alpha value is -1.68. The number of rotatable bonds is 3. The van der Waals surface area contributed by atoms with E-state index in [0.29, 0.717) is 17.1 Å². The highest BCUT2D eigenvalue weighted by Crippen LogP contribution is 2.44. The number of carbonyl (C=O) groups is 1. The van der Waals surface area contributed by atoms with Gasteiger partial charge < -0.3 is 14.6 Å². The van der Waals surface area contributed by atoms with Gasteiger partial charge in [0.1, 0.15) is 11.5 Å². The van der Waals surface area contributed by atoms with Gasteiger partial charge in [-0.05, 0) is 18.2 Å². The number of allylic oxidation sites excluding steroid dienone is 2. The molecule has 0 aromatic heterocycles. The number of hydrogen-bond donors (Lipinski definition) is 1. The molecule has 1 unspecified atom stereocenters. The smallest absolute Gasteiger partial charge is 0.211 e. The van der Waals surface area contributed by atoms with Crippen LogP contribution < -0.4 is 9.47 Å². The molecule has 0 aliphatic heterocycles. The van der Waals surface area contributed by atoms with Gasteiger partial charge in [-0.15, -0.1) is 0 Å². The minimum Gasteiger partial charge on any atom is -0.504 e. The van der Waals surface area contributed by atoms with Crippen LogP contribution in [0.3, 0.4) is 0 Å². The molecular weight excluding hydrogens is 244 g/mol. The van der Waals surface area contributed by atoms with Gasteiger partial charge in [0.05, 0.1) is 25.2 Å². The number of hydrogen-bond acceptors (Lipinski definition) is 4. The Labute approximate surface area is 103 Å². The number of benzene rings is 1. The molecule has 0 saturated heterocycles. The van der Waals surface area contributed by atoms with Crippen LogP contribution in [0.15, 0.2) is 29.0 Å². The first-order valence-electron chi connectivity index (χ1n) is 4.95. The zero-order valence-electron chi connectivity index (χ0n) is 9.36. The molecule has 0 spiro atoms. The predicted octanol–water partition coefficient (Wildman–Crippen LogP) is 2.38. The fourth-order valence-corrected chi connectivity index (χ4v) is 2.08. The quantitative estimate of drug-likeness (QED) is 0.900. The third-order valence-corrected chi connectivity index (χ3v) is 3.12. The van der Waals surface area contributed by atoms with E-state index >= 15 is 0 Å². The van der Waals surface area contributed by atoms with Crippen LogP contribution in [-0.4, -0.2) is 25.1 Å². The SMILES string of the molecule is COc1ccc(OC)c(C2C(=O)C(O)=C2Cl)c1. The van der Waals surface area contributed by atoms with E-state index in [1.165, 1.54) is 14.2 Å². The zero-order chi connectivity index (χ0) is 12.6. The minimum atomic E-state index is -0.651. The van der Waals surface area contributed by atoms with E-state index < -0.39 is 11.7 Å². The van der Waals surface area contributed by atoms with Gasteiger partial charge in [-0.2, -0.15) is 0 Å². The molecule has 1 aliphatic carbocycles. The lowest BCUT2D eigenvalue weighted by atomic mass is 9.83. The molecule has 1 atom stereocenters. The number of halogens is 1. The molecule has 0 radical (unpaired) electrons. The third-order valence-electron chi connectivity index (χ3n) is 2.72. The summed E-state index contributed by atoms with van der Waals surface area (Å²) in [5.41, 5.74) is 0.597. The number of aliphatic hydroxyl groups excluding tert-OH is 1. The molecule has 0 bridgehead atoms. The van der Waals surface area contributed by atoms with E-state index in [2.05, 4.69) is 0 Å². The fourth-order valence-electron chi connectivity index (χ4n) is 1.77. The van der Waals surface area contributed by atoms with Gasteiger partial charge >= 0.3 is 0 Å². The average molecular weight is 255 g/mol. The summed E-state index contributed by atoms with van der Waals surface area (Å²) in [7, 11) is 3.04. The van der Waals surface area contributed by atoms with Gasteiger partial charge in [0, 0.05) is 5.56 Å². The summed E-state index contributed by atoms with van der Waals surface area (Å²) in [5, 5.41) is 9.37. The minimum absolute atomic E-state index is 0.140. The Morgan fingerprint density at radius 1 is 1.29 bits per heavy atom. The molecule has 2 rings (SSSR count). The van der Waals surface area contributed by atoms with Crippen molar-refractivity contribution < 1.29 is 19.4 Å². The van der Waals surface area contributed by atoms with Crippen molar-refractivity contribution >= 4 is 17.4 Å². The van der Waals surface area contributed by atoms with E-state index in [1.807, 2.05) is 0 Å². The highest BCUT2D eigenvalue weighted by molar-refractivity contribution is 6.39. The molecule has 90 valence electrons. The maximum Gasteiger partial charge on any atom is 0.211 e. The molecule has 0 fully saturated rings. The standard InChI is InChI=1S/C12H11ClO4/c1-16-6-3-4-8(17-2)7(5-6)9-10(13)12(15)11(9)14/h3-5,9,15H,1-2H3. The molecular formula is C12H11ClO4. The summed E-state index contributed by atoms with van der Waals surface area (Å²) in [5.74, 6) is -0.288. The monoisotopic (exact) mass is 254 g/mol. The van der Waals surface area contributed by atoms with Gasteiger partial charge in [-0.3, -0.25) is 4.79 Å². The summed E-state index contributed by atoms with van der Waals surface area (Å²) in [6.45, 7) is 0. The van der Waals surface area contributed by atoms with Crippen molar-refractivity contribution in [1.29, 1.82) is 0 Å². The second-order valence-electron chi connectivity index (χ2n) is 3.60. The normalized spacial score (nSPS) is 19.0. The Morgan fingerprint density at radius 3 is 2.53 bits per heavy atom. The largest absolute Gasteiger partial charge is 0.504 e. The fraction of sp³-hybridized carbons (Fsp3) is 0.250. The van der Waals surface area contributed by atoms with Gasteiger partial charge in [-0.1, -0.05) is 11.6 Å². The van der Waals surface area contributed by atoms with E-state index in [4.69, 9.17) is 21.1 Å². The van der Waals surface area contributed by atoms with Crippen LogP contribution in [0.5, 0.6) is 11.5 Å². The number of Topliss-reactive ketones (excluding diaryl/α,β-unsaturated/α-hetero) is 1. The van der Waals surface area contributed by atoms with E-state index in [0.717, 1.165) is 0 Å². The summed E-state index contributed by atoms with van der Waals surface area (Å²) < 4.78 is 10.2. The first-order chi connectivity index (χ1) is 8.10. The van der Waals surface area contributed by atoms with Crippen molar-refractivity contribution in [2.24, 2.45) is 0 Å². The van der Waals surface area contributed by atoms with Crippen LogP contribution >= 0.6 is 11.6 Å². The van der Waals surface area contributed by atoms with Gasteiger partial charge in [0.2, 0.25) is 5.78 Å². The Kier molecular flexibility index (Phi) is 2.98. The lowest BCUT2D eigenvalue weighted by Crippen LogP contribution is -2.27. The molecule has 5 heteroatoms. The van der Waals surface area contributed by atoms with Gasteiger partial charge in [0.25, 0.3) is 0 Å². The zero-order valence-corrected chi connectivity index (χ0v) is 10.1. The van der Waals surface area contributed by atoms with Crippen LogP contribution in [0, 0.1) is 0 Å². The number of ketones is 1. The number of aliphatic hydroxyl groups is 1. The Balaban J connectivity index is 2.48. The average Bonchev–Trinajstić information content (AvgIpc) is 2.38. The second-order valence-corrected chi connectivity index (χ2v) is 4.01. The topological polar surface area (TPSA) is 55.8 Å². The summed E-state index contributed by atoms with van der Waals surface area (Å²) in [6.07, 6.45) is 0. The molecule has 4 nitrogen and oxygen atoms in total. The van der Waals surface area contributed by atoms with Crippen LogP contribution in [0.2, 0.25) is 0 Å².